The summed E-state index contributed by atoms with van der Waals surface area (Å²) in [5, 5.41) is 11.9. The SMILES string of the molecule is CC(C)(C)OC[C@H](NC(=O)OC(C)(C)C)C(=O)c1ccc(O)cc1. The molecule has 0 unspecified atom stereocenters. The predicted molar refractivity (Wildman–Crippen MR) is 91.3 cm³/mol. The van der Waals surface area contributed by atoms with Gasteiger partial charge in [-0.05, 0) is 65.8 Å². The maximum atomic E-state index is 12.6. The molecule has 1 amide bonds. The summed E-state index contributed by atoms with van der Waals surface area (Å²) >= 11 is 0. The van der Waals surface area contributed by atoms with Crippen LogP contribution in [0.1, 0.15) is 51.9 Å². The Bertz CT molecular complexity index is 567. The number of aromatic hydroxyl groups is 1. The number of carbonyl (C=O) groups excluding carboxylic acids is 2. The van der Waals surface area contributed by atoms with Crippen LogP contribution in [-0.4, -0.2) is 40.8 Å². The number of phenols is 1. The number of ether oxygens (including phenoxy) is 2. The number of phenolic OH excluding ortho intramolecular Hbond substituents is 1. The van der Waals surface area contributed by atoms with E-state index in [2.05, 4.69) is 5.32 Å². The smallest absolute Gasteiger partial charge is 0.408 e. The van der Waals surface area contributed by atoms with Gasteiger partial charge in [0.15, 0.2) is 5.78 Å². The van der Waals surface area contributed by atoms with Crippen molar-refractivity contribution in [2.24, 2.45) is 0 Å². The zero-order valence-corrected chi connectivity index (χ0v) is 15.2. The molecule has 0 saturated heterocycles. The van der Waals surface area contributed by atoms with Crippen LogP contribution in [0.4, 0.5) is 4.79 Å². The van der Waals surface area contributed by atoms with Gasteiger partial charge in [-0.3, -0.25) is 4.79 Å². The minimum atomic E-state index is -0.886. The van der Waals surface area contributed by atoms with Gasteiger partial charge in [-0.2, -0.15) is 0 Å². The van der Waals surface area contributed by atoms with Crippen molar-refractivity contribution in [2.75, 3.05) is 6.61 Å². The quantitative estimate of drug-likeness (QED) is 0.806. The first-order valence-corrected chi connectivity index (χ1v) is 7.84. The second-order valence-corrected chi connectivity index (χ2v) is 7.53. The highest BCUT2D eigenvalue weighted by Gasteiger charge is 2.27. The molecule has 1 aromatic rings. The van der Waals surface area contributed by atoms with Crippen LogP contribution in [0.2, 0.25) is 0 Å². The molecular formula is C18H27NO5. The standard InChI is InChI=1S/C18H27NO5/c1-17(2,3)23-11-14(19-16(22)24-18(4,5)6)15(21)12-7-9-13(20)10-8-12/h7-10,14,20H,11H2,1-6H3,(H,19,22)/t14-/m0/s1. The number of ketones is 1. The molecule has 0 aliphatic carbocycles. The lowest BCUT2D eigenvalue weighted by molar-refractivity contribution is -0.0143. The number of nitrogens with one attached hydrogen (secondary N) is 1. The molecule has 0 fully saturated rings. The van der Waals surface area contributed by atoms with Gasteiger partial charge in [-0.1, -0.05) is 0 Å². The lowest BCUT2D eigenvalue weighted by Gasteiger charge is -2.26. The van der Waals surface area contributed by atoms with Gasteiger partial charge in [0.2, 0.25) is 0 Å². The molecule has 134 valence electrons. The van der Waals surface area contributed by atoms with Crippen molar-refractivity contribution in [3.05, 3.63) is 29.8 Å². The molecule has 0 spiro atoms. The second-order valence-electron chi connectivity index (χ2n) is 7.53. The van der Waals surface area contributed by atoms with E-state index in [4.69, 9.17) is 9.47 Å². The van der Waals surface area contributed by atoms with Gasteiger partial charge in [0, 0.05) is 5.56 Å². The van der Waals surface area contributed by atoms with E-state index in [1.807, 2.05) is 20.8 Å². The van der Waals surface area contributed by atoms with Crippen LogP contribution in [0.3, 0.4) is 0 Å². The molecule has 0 saturated carbocycles. The Morgan fingerprint density at radius 2 is 1.58 bits per heavy atom. The molecule has 0 aliphatic heterocycles. The third-order valence-electron chi connectivity index (χ3n) is 2.84. The van der Waals surface area contributed by atoms with Crippen LogP contribution < -0.4 is 5.32 Å². The van der Waals surface area contributed by atoms with Gasteiger partial charge in [0.25, 0.3) is 0 Å². The Kier molecular flexibility index (Phi) is 6.37. The van der Waals surface area contributed by atoms with Crippen molar-refractivity contribution in [2.45, 2.75) is 58.8 Å². The summed E-state index contributed by atoms with van der Waals surface area (Å²) in [4.78, 5) is 24.6. The van der Waals surface area contributed by atoms with E-state index in [0.717, 1.165) is 0 Å². The fraction of sp³-hybridized carbons (Fsp3) is 0.556. The summed E-state index contributed by atoms with van der Waals surface area (Å²) in [6, 6.07) is 4.95. The molecule has 1 atom stereocenters. The molecule has 0 aromatic heterocycles. The van der Waals surface area contributed by atoms with E-state index in [-0.39, 0.29) is 18.1 Å². The first kappa shape index (κ1) is 20.0. The monoisotopic (exact) mass is 337 g/mol. The van der Waals surface area contributed by atoms with Gasteiger partial charge in [0.05, 0.1) is 12.2 Å². The number of hydrogen-bond acceptors (Lipinski definition) is 5. The molecule has 24 heavy (non-hydrogen) atoms. The largest absolute Gasteiger partial charge is 0.508 e. The molecular weight excluding hydrogens is 310 g/mol. The van der Waals surface area contributed by atoms with Crippen LogP contribution in [0.15, 0.2) is 24.3 Å². The molecule has 0 radical (unpaired) electrons. The summed E-state index contributed by atoms with van der Waals surface area (Å²) in [6.07, 6.45) is -0.683. The normalized spacial score (nSPS) is 13.2. The lowest BCUT2D eigenvalue weighted by atomic mass is 10.0. The van der Waals surface area contributed by atoms with Gasteiger partial charge in [-0.15, -0.1) is 0 Å². The molecule has 0 aliphatic rings. The summed E-state index contributed by atoms with van der Waals surface area (Å²) < 4.78 is 10.9. The molecule has 6 nitrogen and oxygen atoms in total. The number of Topliss-reactive ketones (excluding diaryl/α,β-unsaturated/α-hetero) is 1. The van der Waals surface area contributed by atoms with Crippen molar-refractivity contribution in [1.82, 2.24) is 5.32 Å². The Morgan fingerprint density at radius 1 is 1.04 bits per heavy atom. The fourth-order valence-electron chi connectivity index (χ4n) is 1.79. The topological polar surface area (TPSA) is 84.9 Å². The average molecular weight is 337 g/mol. The van der Waals surface area contributed by atoms with E-state index < -0.39 is 23.3 Å². The molecule has 1 rings (SSSR count). The third kappa shape index (κ3) is 7.46. The number of hydrogen-bond donors (Lipinski definition) is 2. The van der Waals surface area contributed by atoms with E-state index in [0.29, 0.717) is 5.56 Å². The van der Waals surface area contributed by atoms with Crippen molar-refractivity contribution >= 4 is 11.9 Å². The van der Waals surface area contributed by atoms with Gasteiger partial charge in [-0.25, -0.2) is 4.79 Å². The molecule has 6 heteroatoms. The highest BCUT2D eigenvalue weighted by atomic mass is 16.6. The minimum Gasteiger partial charge on any atom is -0.508 e. The van der Waals surface area contributed by atoms with Gasteiger partial charge >= 0.3 is 6.09 Å². The summed E-state index contributed by atoms with van der Waals surface area (Å²) in [5.41, 5.74) is -0.754. The molecule has 0 bridgehead atoms. The maximum absolute atomic E-state index is 12.6. The van der Waals surface area contributed by atoms with Gasteiger partial charge < -0.3 is 19.9 Å². The lowest BCUT2D eigenvalue weighted by Crippen LogP contribution is -2.47. The second kappa shape index (κ2) is 7.66. The number of alkyl carbamates (subject to hydrolysis) is 1. The van der Waals surface area contributed by atoms with Crippen LogP contribution in [0.5, 0.6) is 5.75 Å². The Hall–Kier alpha value is -2.08. The predicted octanol–water partition coefficient (Wildman–Crippen LogP) is 3.28. The molecule has 0 heterocycles. The van der Waals surface area contributed by atoms with Crippen molar-refractivity contribution in [1.29, 1.82) is 0 Å². The fourth-order valence-corrected chi connectivity index (χ4v) is 1.79. The van der Waals surface area contributed by atoms with E-state index in [9.17, 15) is 14.7 Å². The Balaban J connectivity index is 2.89. The van der Waals surface area contributed by atoms with Crippen LogP contribution in [0, 0.1) is 0 Å². The van der Waals surface area contributed by atoms with Crippen LogP contribution in [0.25, 0.3) is 0 Å². The number of benzene rings is 1. The maximum Gasteiger partial charge on any atom is 0.408 e. The summed E-state index contributed by atoms with van der Waals surface area (Å²) in [6.45, 7) is 10.8. The Morgan fingerprint density at radius 3 is 2.04 bits per heavy atom. The number of rotatable bonds is 5. The molecule has 1 aromatic carbocycles. The number of carbonyl (C=O) groups is 2. The van der Waals surface area contributed by atoms with Crippen LogP contribution in [-0.2, 0) is 9.47 Å². The van der Waals surface area contributed by atoms with E-state index >= 15 is 0 Å². The van der Waals surface area contributed by atoms with Crippen molar-refractivity contribution < 1.29 is 24.2 Å². The molecule has 2 N–H and O–H groups in total. The van der Waals surface area contributed by atoms with Gasteiger partial charge in [0.1, 0.15) is 17.4 Å². The summed E-state index contributed by atoms with van der Waals surface area (Å²) in [5.74, 6) is -0.251. The Labute approximate surface area is 143 Å². The van der Waals surface area contributed by atoms with E-state index in [1.54, 1.807) is 20.8 Å². The average Bonchev–Trinajstić information content (AvgIpc) is 2.40. The third-order valence-corrected chi connectivity index (χ3v) is 2.84. The highest BCUT2D eigenvalue weighted by molar-refractivity contribution is 6.01. The number of amides is 1. The van der Waals surface area contributed by atoms with Crippen LogP contribution >= 0.6 is 0 Å². The van der Waals surface area contributed by atoms with Crippen molar-refractivity contribution in [3.63, 3.8) is 0 Å². The first-order chi connectivity index (χ1) is 10.9. The van der Waals surface area contributed by atoms with E-state index in [1.165, 1.54) is 24.3 Å². The zero-order valence-electron chi connectivity index (χ0n) is 15.2. The minimum absolute atomic E-state index is 0.0163. The summed E-state index contributed by atoms with van der Waals surface area (Å²) in [7, 11) is 0. The highest BCUT2D eigenvalue weighted by Crippen LogP contribution is 2.14. The first-order valence-electron chi connectivity index (χ1n) is 7.84. The zero-order chi connectivity index (χ0) is 18.5. The van der Waals surface area contributed by atoms with Crippen molar-refractivity contribution in [3.8, 4) is 5.75 Å².